The van der Waals surface area contributed by atoms with Gasteiger partial charge in [-0.1, -0.05) is 33.9 Å². The molecule has 0 saturated heterocycles. The minimum Gasteiger partial charge on any atom is -0.464 e. The maximum atomic E-state index is 12.2. The van der Waals surface area contributed by atoms with Crippen LogP contribution in [-0.2, 0) is 14.3 Å². The summed E-state index contributed by atoms with van der Waals surface area (Å²) in [4.78, 5) is 12.2. The SMILES string of the molecule is CCOC(=O)C(OCC)([SiH](C)C)C(C)(C)C. The molecule has 0 fully saturated rings. The van der Waals surface area contributed by atoms with Crippen molar-refractivity contribution in [2.45, 2.75) is 52.9 Å². The van der Waals surface area contributed by atoms with Gasteiger partial charge in [-0.05, 0) is 19.3 Å². The van der Waals surface area contributed by atoms with Crippen LogP contribution in [0, 0.1) is 5.41 Å². The summed E-state index contributed by atoms with van der Waals surface area (Å²) in [6, 6.07) is 0. The second-order valence-electron chi connectivity index (χ2n) is 5.29. The molecule has 4 heteroatoms. The first-order chi connectivity index (χ1) is 7.24. The lowest BCUT2D eigenvalue weighted by Gasteiger charge is -2.44. The lowest BCUT2D eigenvalue weighted by Crippen LogP contribution is -2.61. The van der Waals surface area contributed by atoms with Gasteiger partial charge >= 0.3 is 5.97 Å². The van der Waals surface area contributed by atoms with Gasteiger partial charge in [-0.2, -0.15) is 0 Å². The second kappa shape index (κ2) is 5.82. The van der Waals surface area contributed by atoms with Crippen LogP contribution in [0.1, 0.15) is 34.6 Å². The summed E-state index contributed by atoms with van der Waals surface area (Å²) in [7, 11) is -1.35. The van der Waals surface area contributed by atoms with Crippen molar-refractivity contribution >= 4 is 14.8 Å². The zero-order chi connectivity index (χ0) is 13.0. The highest BCUT2D eigenvalue weighted by atomic mass is 28.3. The summed E-state index contributed by atoms with van der Waals surface area (Å²) in [5, 5.41) is -0.724. The molecule has 0 saturated carbocycles. The van der Waals surface area contributed by atoms with Gasteiger partial charge in [0.1, 0.15) is 0 Å². The normalized spacial score (nSPS) is 16.0. The molecule has 3 nitrogen and oxygen atoms in total. The van der Waals surface area contributed by atoms with Crippen LogP contribution in [0.3, 0.4) is 0 Å². The van der Waals surface area contributed by atoms with E-state index in [0.29, 0.717) is 13.2 Å². The van der Waals surface area contributed by atoms with E-state index in [9.17, 15) is 4.79 Å². The molecule has 1 unspecified atom stereocenters. The highest BCUT2D eigenvalue weighted by Crippen LogP contribution is 2.37. The molecule has 0 aromatic heterocycles. The molecule has 0 aliphatic rings. The summed E-state index contributed by atoms with van der Waals surface area (Å²) in [5.41, 5.74) is -0.227. The largest absolute Gasteiger partial charge is 0.464 e. The summed E-state index contributed by atoms with van der Waals surface area (Å²) in [6.07, 6.45) is 0. The van der Waals surface area contributed by atoms with Crippen molar-refractivity contribution in [1.29, 1.82) is 0 Å². The fraction of sp³-hybridized carbons (Fsp3) is 0.917. The van der Waals surface area contributed by atoms with Gasteiger partial charge < -0.3 is 9.47 Å². The van der Waals surface area contributed by atoms with Crippen molar-refractivity contribution in [1.82, 2.24) is 0 Å². The third-order valence-corrected chi connectivity index (χ3v) is 5.77. The van der Waals surface area contributed by atoms with E-state index in [2.05, 4.69) is 13.1 Å². The summed E-state index contributed by atoms with van der Waals surface area (Å²) in [6.45, 7) is 15.1. The van der Waals surface area contributed by atoms with Gasteiger partial charge in [0.15, 0.2) is 5.22 Å². The Labute approximate surface area is 101 Å². The molecular weight excluding hydrogens is 220 g/mol. The minimum atomic E-state index is -1.35. The number of carbonyl (C=O) groups is 1. The molecule has 0 N–H and O–H groups in total. The quantitative estimate of drug-likeness (QED) is 0.552. The number of esters is 1. The van der Waals surface area contributed by atoms with Crippen LogP contribution in [0.15, 0.2) is 0 Å². The highest BCUT2D eigenvalue weighted by molar-refractivity contribution is 6.64. The van der Waals surface area contributed by atoms with E-state index in [1.165, 1.54) is 0 Å². The molecule has 0 aliphatic heterocycles. The van der Waals surface area contributed by atoms with Gasteiger partial charge in [0.05, 0.1) is 15.4 Å². The first kappa shape index (κ1) is 15.6. The van der Waals surface area contributed by atoms with Gasteiger partial charge in [-0.15, -0.1) is 0 Å². The van der Waals surface area contributed by atoms with Gasteiger partial charge in [0.2, 0.25) is 0 Å². The summed E-state index contributed by atoms with van der Waals surface area (Å²) >= 11 is 0. The average molecular weight is 246 g/mol. The molecule has 16 heavy (non-hydrogen) atoms. The molecule has 96 valence electrons. The summed E-state index contributed by atoms with van der Waals surface area (Å²) < 4.78 is 11.1. The molecule has 0 heterocycles. The predicted octanol–water partition coefficient (Wildman–Crippen LogP) is 2.40. The van der Waals surface area contributed by atoms with Crippen molar-refractivity contribution in [3.8, 4) is 0 Å². The predicted molar refractivity (Wildman–Crippen MR) is 69.3 cm³/mol. The Hall–Kier alpha value is -0.353. The van der Waals surface area contributed by atoms with Gasteiger partial charge in [-0.25, -0.2) is 4.79 Å². The van der Waals surface area contributed by atoms with E-state index >= 15 is 0 Å². The molecular formula is C12H26O3Si. The van der Waals surface area contributed by atoms with Crippen molar-refractivity contribution in [3.63, 3.8) is 0 Å². The van der Waals surface area contributed by atoms with Crippen molar-refractivity contribution in [3.05, 3.63) is 0 Å². The molecule has 0 bridgehead atoms. The minimum absolute atomic E-state index is 0.189. The highest BCUT2D eigenvalue weighted by Gasteiger charge is 2.53. The van der Waals surface area contributed by atoms with Crippen LogP contribution < -0.4 is 0 Å². The lowest BCUT2D eigenvalue weighted by molar-refractivity contribution is -0.172. The molecule has 0 amide bonds. The number of rotatable bonds is 5. The number of ether oxygens (including phenoxy) is 2. The molecule has 0 spiro atoms. The van der Waals surface area contributed by atoms with E-state index in [0.717, 1.165) is 0 Å². The molecule has 0 aromatic carbocycles. The molecule has 0 rings (SSSR count). The molecule has 1 atom stereocenters. The van der Waals surface area contributed by atoms with E-state index in [4.69, 9.17) is 9.47 Å². The van der Waals surface area contributed by atoms with Gasteiger partial charge in [0.25, 0.3) is 0 Å². The zero-order valence-corrected chi connectivity index (χ0v) is 12.9. The average Bonchev–Trinajstić information content (AvgIpc) is 2.11. The topological polar surface area (TPSA) is 35.5 Å². The number of carbonyl (C=O) groups excluding carboxylic acids is 1. The molecule has 0 aromatic rings. The molecule has 0 aliphatic carbocycles. The Kier molecular flexibility index (Phi) is 5.69. The van der Waals surface area contributed by atoms with Crippen LogP contribution in [0.25, 0.3) is 0 Å². The van der Waals surface area contributed by atoms with Crippen molar-refractivity contribution in [2.24, 2.45) is 5.41 Å². The number of hydrogen-bond acceptors (Lipinski definition) is 3. The first-order valence-electron chi connectivity index (χ1n) is 6.05. The first-order valence-corrected chi connectivity index (χ1v) is 8.93. The van der Waals surface area contributed by atoms with Gasteiger partial charge in [-0.3, -0.25) is 0 Å². The van der Waals surface area contributed by atoms with E-state index < -0.39 is 14.0 Å². The molecule has 0 radical (unpaired) electrons. The number of hydrogen-bond donors (Lipinski definition) is 0. The maximum absolute atomic E-state index is 12.2. The smallest absolute Gasteiger partial charge is 0.334 e. The van der Waals surface area contributed by atoms with Crippen LogP contribution in [0.4, 0.5) is 0 Å². The van der Waals surface area contributed by atoms with E-state index in [1.54, 1.807) is 0 Å². The Morgan fingerprint density at radius 1 is 1.12 bits per heavy atom. The van der Waals surface area contributed by atoms with Crippen molar-refractivity contribution < 1.29 is 14.3 Å². The van der Waals surface area contributed by atoms with Crippen LogP contribution in [-0.4, -0.2) is 33.2 Å². The summed E-state index contributed by atoms with van der Waals surface area (Å²) in [5.74, 6) is -0.189. The fourth-order valence-corrected chi connectivity index (χ4v) is 5.10. The fourth-order valence-electron chi connectivity index (χ4n) is 2.32. The Morgan fingerprint density at radius 2 is 1.62 bits per heavy atom. The maximum Gasteiger partial charge on any atom is 0.334 e. The van der Waals surface area contributed by atoms with Crippen LogP contribution in [0.5, 0.6) is 0 Å². The van der Waals surface area contributed by atoms with E-state index in [-0.39, 0.29) is 11.4 Å². The van der Waals surface area contributed by atoms with Crippen LogP contribution in [0.2, 0.25) is 13.1 Å². The third kappa shape index (κ3) is 2.86. The monoisotopic (exact) mass is 246 g/mol. The van der Waals surface area contributed by atoms with E-state index in [1.807, 2.05) is 34.6 Å². The Balaban J connectivity index is 5.35. The Morgan fingerprint density at radius 3 is 1.88 bits per heavy atom. The standard InChI is InChI=1S/C12H26O3Si/c1-8-14-10(13)12(15-9-2,16(6)7)11(3,4)5/h16H,8-9H2,1-7H3. The van der Waals surface area contributed by atoms with Crippen molar-refractivity contribution in [2.75, 3.05) is 13.2 Å². The third-order valence-electron chi connectivity index (χ3n) is 2.88. The second-order valence-corrected chi connectivity index (χ2v) is 8.42. The zero-order valence-electron chi connectivity index (χ0n) is 11.7. The van der Waals surface area contributed by atoms with Gasteiger partial charge in [0, 0.05) is 6.61 Å². The Bertz CT molecular complexity index is 233. The van der Waals surface area contributed by atoms with Crippen LogP contribution >= 0.6 is 0 Å². The lowest BCUT2D eigenvalue weighted by atomic mass is 9.88.